The number of methoxy groups -OCH3 is 1. The molecule has 3 nitrogen and oxygen atoms in total. The van der Waals surface area contributed by atoms with Crippen molar-refractivity contribution in [3.8, 4) is 0 Å². The van der Waals surface area contributed by atoms with Crippen molar-refractivity contribution >= 4 is 11.6 Å². The minimum absolute atomic E-state index is 0.0196. The number of Topliss-reactive ketones (excluding diaryl/α,β-unsaturated/α-hetero) is 1. The lowest BCUT2D eigenvalue weighted by molar-refractivity contribution is -0.137. The van der Waals surface area contributed by atoms with Crippen LogP contribution in [0.4, 0.5) is 0 Å². The number of hydrogen-bond donors (Lipinski definition) is 0. The Kier molecular flexibility index (Phi) is 2.03. The van der Waals surface area contributed by atoms with Gasteiger partial charge in [-0.05, 0) is 24.7 Å². The molecule has 0 heterocycles. The fraction of sp³-hybridized carbons (Fsp3) is 0.538. The van der Waals surface area contributed by atoms with E-state index >= 15 is 0 Å². The second kappa shape index (κ2) is 3.30. The van der Waals surface area contributed by atoms with Gasteiger partial charge in [0.25, 0.3) is 0 Å². The Hall–Kier alpha value is -1.38. The maximum absolute atomic E-state index is 12.1. The molecule has 0 saturated heterocycles. The van der Waals surface area contributed by atoms with Crippen molar-refractivity contribution in [2.45, 2.75) is 12.8 Å². The molecule has 4 atom stereocenters. The molecule has 16 heavy (non-hydrogen) atoms. The van der Waals surface area contributed by atoms with Gasteiger partial charge in [-0.15, -0.1) is 0 Å². The largest absolute Gasteiger partial charge is 0.493 e. The predicted octanol–water partition coefficient (Wildman–Crippen LogP) is 1.50. The van der Waals surface area contributed by atoms with E-state index in [9.17, 15) is 9.59 Å². The summed E-state index contributed by atoms with van der Waals surface area (Å²) < 4.78 is 5.00. The zero-order chi connectivity index (χ0) is 11.3. The van der Waals surface area contributed by atoms with Gasteiger partial charge in [-0.2, -0.15) is 0 Å². The van der Waals surface area contributed by atoms with Crippen molar-refractivity contribution in [2.75, 3.05) is 7.11 Å². The zero-order valence-electron chi connectivity index (χ0n) is 9.18. The molecule has 0 N–H and O–H groups in total. The van der Waals surface area contributed by atoms with E-state index in [4.69, 9.17) is 4.74 Å². The molecule has 0 amide bonds. The molecule has 1 saturated carbocycles. The standard InChI is InChI=1S/C13H14O3/c1-16-10-6-9(14)11-7-2-4-8(5-3-7)12(11)13(10)15/h2,4,6-8,11-12H,3,5H2,1H3. The third kappa shape index (κ3) is 1.14. The molecule has 4 rings (SSSR count). The van der Waals surface area contributed by atoms with E-state index in [-0.39, 0.29) is 41.0 Å². The number of carbonyl (C=O) groups is 2. The zero-order valence-corrected chi connectivity index (χ0v) is 9.18. The number of allylic oxidation sites excluding steroid dienone is 4. The van der Waals surface area contributed by atoms with E-state index in [1.165, 1.54) is 13.2 Å². The van der Waals surface area contributed by atoms with Crippen LogP contribution in [0.15, 0.2) is 24.0 Å². The van der Waals surface area contributed by atoms with Crippen molar-refractivity contribution in [3.63, 3.8) is 0 Å². The molecule has 1 fully saturated rings. The summed E-state index contributed by atoms with van der Waals surface area (Å²) in [5.74, 6) is 0.566. The Balaban J connectivity index is 2.06. The smallest absolute Gasteiger partial charge is 0.201 e. The topological polar surface area (TPSA) is 43.4 Å². The number of ether oxygens (including phenoxy) is 1. The van der Waals surface area contributed by atoms with E-state index in [0.29, 0.717) is 0 Å². The molecule has 0 aromatic carbocycles. The van der Waals surface area contributed by atoms with Crippen LogP contribution in [-0.4, -0.2) is 18.7 Å². The summed E-state index contributed by atoms with van der Waals surface area (Å²) in [5, 5.41) is 0. The van der Waals surface area contributed by atoms with Crippen LogP contribution in [0, 0.1) is 23.7 Å². The first-order valence-corrected chi connectivity index (χ1v) is 5.74. The van der Waals surface area contributed by atoms with Gasteiger partial charge >= 0.3 is 0 Å². The number of hydrogen-bond acceptors (Lipinski definition) is 3. The van der Waals surface area contributed by atoms with Gasteiger partial charge in [0.1, 0.15) is 0 Å². The lowest BCUT2D eigenvalue weighted by Crippen LogP contribution is -2.47. The van der Waals surface area contributed by atoms with Gasteiger partial charge in [0.15, 0.2) is 11.5 Å². The first-order valence-electron chi connectivity index (χ1n) is 5.74. The monoisotopic (exact) mass is 218 g/mol. The van der Waals surface area contributed by atoms with Crippen LogP contribution in [0.2, 0.25) is 0 Å². The molecular formula is C13H14O3. The van der Waals surface area contributed by atoms with Gasteiger partial charge in [0.2, 0.25) is 5.78 Å². The first kappa shape index (κ1) is 9.82. The van der Waals surface area contributed by atoms with Crippen LogP contribution >= 0.6 is 0 Å². The summed E-state index contributed by atoms with van der Waals surface area (Å²) in [5.41, 5.74) is 0. The van der Waals surface area contributed by atoms with Crippen LogP contribution in [0.1, 0.15) is 12.8 Å². The molecule has 4 aliphatic rings. The average molecular weight is 218 g/mol. The van der Waals surface area contributed by atoms with E-state index in [2.05, 4.69) is 12.2 Å². The average Bonchev–Trinajstić information content (AvgIpc) is 2.34. The fourth-order valence-corrected chi connectivity index (χ4v) is 3.36. The van der Waals surface area contributed by atoms with E-state index in [1.807, 2.05) is 0 Å². The van der Waals surface area contributed by atoms with Crippen molar-refractivity contribution in [3.05, 3.63) is 24.0 Å². The molecule has 84 valence electrons. The Morgan fingerprint density at radius 3 is 2.31 bits per heavy atom. The fourth-order valence-electron chi connectivity index (χ4n) is 3.36. The molecule has 2 bridgehead atoms. The third-order valence-electron chi connectivity index (χ3n) is 4.12. The number of ketones is 2. The summed E-state index contributed by atoms with van der Waals surface area (Å²) in [7, 11) is 1.45. The lowest BCUT2D eigenvalue weighted by atomic mass is 9.58. The highest BCUT2D eigenvalue weighted by Gasteiger charge is 2.50. The van der Waals surface area contributed by atoms with Gasteiger partial charge in [-0.3, -0.25) is 9.59 Å². The second-order valence-corrected chi connectivity index (χ2v) is 4.82. The Morgan fingerprint density at radius 1 is 1.12 bits per heavy atom. The Morgan fingerprint density at radius 2 is 1.75 bits per heavy atom. The first-order chi connectivity index (χ1) is 7.72. The second-order valence-electron chi connectivity index (χ2n) is 4.82. The molecule has 4 unspecified atom stereocenters. The normalized spacial score (nSPS) is 40.7. The van der Waals surface area contributed by atoms with E-state index in [0.717, 1.165) is 12.8 Å². The quantitative estimate of drug-likeness (QED) is 0.626. The molecule has 0 spiro atoms. The summed E-state index contributed by atoms with van der Waals surface area (Å²) >= 11 is 0. The van der Waals surface area contributed by atoms with E-state index in [1.54, 1.807) is 0 Å². The molecule has 0 radical (unpaired) electrons. The van der Waals surface area contributed by atoms with E-state index < -0.39 is 0 Å². The highest BCUT2D eigenvalue weighted by molar-refractivity contribution is 6.10. The highest BCUT2D eigenvalue weighted by atomic mass is 16.5. The maximum atomic E-state index is 12.1. The summed E-state index contributed by atoms with van der Waals surface area (Å²) in [4.78, 5) is 24.1. The van der Waals surface area contributed by atoms with Crippen molar-refractivity contribution in [1.29, 1.82) is 0 Å². The van der Waals surface area contributed by atoms with Crippen LogP contribution in [0.3, 0.4) is 0 Å². The van der Waals surface area contributed by atoms with Crippen LogP contribution in [0.25, 0.3) is 0 Å². The molecular weight excluding hydrogens is 204 g/mol. The third-order valence-corrected chi connectivity index (χ3v) is 4.12. The summed E-state index contributed by atoms with van der Waals surface area (Å²) in [6.45, 7) is 0. The van der Waals surface area contributed by atoms with Crippen LogP contribution in [0.5, 0.6) is 0 Å². The number of carbonyl (C=O) groups excluding carboxylic acids is 2. The minimum Gasteiger partial charge on any atom is -0.493 e. The van der Waals surface area contributed by atoms with Crippen molar-refractivity contribution in [1.82, 2.24) is 0 Å². The SMILES string of the molecule is COC1=CC(=O)C2C3C=CC(CC3)C2C1=O. The molecule has 3 heteroatoms. The maximum Gasteiger partial charge on any atom is 0.201 e. The van der Waals surface area contributed by atoms with Crippen LogP contribution in [-0.2, 0) is 14.3 Å². The molecule has 0 aromatic rings. The number of rotatable bonds is 1. The van der Waals surface area contributed by atoms with Crippen molar-refractivity contribution < 1.29 is 14.3 Å². The summed E-state index contributed by atoms with van der Waals surface area (Å²) in [6, 6.07) is 0. The molecule has 4 aliphatic carbocycles. The summed E-state index contributed by atoms with van der Waals surface area (Å²) in [6.07, 6.45) is 7.68. The lowest BCUT2D eigenvalue weighted by Gasteiger charge is -2.44. The van der Waals surface area contributed by atoms with Gasteiger partial charge in [-0.25, -0.2) is 0 Å². The molecule has 0 aromatic heterocycles. The Labute approximate surface area is 94.2 Å². The van der Waals surface area contributed by atoms with Crippen LogP contribution < -0.4 is 0 Å². The molecule has 0 aliphatic heterocycles. The minimum atomic E-state index is -0.156. The van der Waals surface area contributed by atoms with Gasteiger partial charge in [0.05, 0.1) is 7.11 Å². The van der Waals surface area contributed by atoms with Gasteiger partial charge in [0, 0.05) is 17.9 Å². The predicted molar refractivity (Wildman–Crippen MR) is 57.4 cm³/mol. The highest BCUT2D eigenvalue weighted by Crippen LogP contribution is 2.48. The number of fused-ring (bicyclic) bond motifs is 1. The van der Waals surface area contributed by atoms with Gasteiger partial charge in [-0.1, -0.05) is 12.2 Å². The van der Waals surface area contributed by atoms with Gasteiger partial charge < -0.3 is 4.74 Å². The Bertz CT molecular complexity index is 419. The van der Waals surface area contributed by atoms with Crippen molar-refractivity contribution in [2.24, 2.45) is 23.7 Å².